The molecule has 0 saturated carbocycles. The van der Waals surface area contributed by atoms with Crippen LogP contribution in [0.2, 0.25) is 0 Å². The van der Waals surface area contributed by atoms with Gasteiger partial charge in [0.2, 0.25) is 0 Å². The van der Waals surface area contributed by atoms with Gasteiger partial charge in [0, 0.05) is 12.7 Å². The van der Waals surface area contributed by atoms with E-state index in [0.29, 0.717) is 18.1 Å². The molecule has 2 heterocycles. The highest BCUT2D eigenvalue weighted by Crippen LogP contribution is 2.10. The Morgan fingerprint density at radius 2 is 2.21 bits per heavy atom. The second kappa shape index (κ2) is 5.57. The molecule has 6 nitrogen and oxygen atoms in total. The molecule has 0 aromatic carbocycles. The fourth-order valence-corrected chi connectivity index (χ4v) is 1.77. The number of nitrogens with one attached hydrogen (secondary N) is 1. The standard InChI is InChI=1S/C12H13N5OS/c1-2-14-12(18)8-5-6-10(16-15-8)17-7-3-4-9(17)11(13)19/h3-7H,2H2,1H3,(H2,13,19)(H,14,18). The van der Waals surface area contributed by atoms with Crippen LogP contribution in [0.5, 0.6) is 0 Å². The van der Waals surface area contributed by atoms with Gasteiger partial charge in [-0.15, -0.1) is 10.2 Å². The van der Waals surface area contributed by atoms with E-state index in [1.165, 1.54) is 0 Å². The van der Waals surface area contributed by atoms with E-state index in [2.05, 4.69) is 15.5 Å². The number of aromatic nitrogens is 3. The third-order valence-electron chi connectivity index (χ3n) is 2.47. The van der Waals surface area contributed by atoms with Crippen molar-refractivity contribution in [2.75, 3.05) is 6.54 Å². The van der Waals surface area contributed by atoms with Crippen LogP contribution in [0.25, 0.3) is 5.82 Å². The van der Waals surface area contributed by atoms with Gasteiger partial charge in [-0.25, -0.2) is 0 Å². The van der Waals surface area contributed by atoms with Crippen molar-refractivity contribution < 1.29 is 4.79 Å². The molecule has 0 radical (unpaired) electrons. The molecule has 2 rings (SSSR count). The zero-order valence-corrected chi connectivity index (χ0v) is 11.1. The number of nitrogens with two attached hydrogens (primary N) is 1. The van der Waals surface area contributed by atoms with E-state index in [0.717, 1.165) is 0 Å². The highest BCUT2D eigenvalue weighted by molar-refractivity contribution is 7.80. The first-order valence-corrected chi connectivity index (χ1v) is 6.13. The first-order valence-electron chi connectivity index (χ1n) is 5.73. The number of hydrogen-bond acceptors (Lipinski definition) is 4. The summed E-state index contributed by atoms with van der Waals surface area (Å²) in [5.41, 5.74) is 6.56. The van der Waals surface area contributed by atoms with Gasteiger partial charge in [0.05, 0.1) is 5.69 Å². The highest BCUT2D eigenvalue weighted by Gasteiger charge is 2.10. The van der Waals surface area contributed by atoms with Crippen LogP contribution in [-0.4, -0.2) is 32.2 Å². The van der Waals surface area contributed by atoms with E-state index in [9.17, 15) is 4.79 Å². The highest BCUT2D eigenvalue weighted by atomic mass is 32.1. The summed E-state index contributed by atoms with van der Waals surface area (Å²) >= 11 is 4.95. The molecule has 0 saturated heterocycles. The average Bonchev–Trinajstić information content (AvgIpc) is 2.88. The van der Waals surface area contributed by atoms with Gasteiger partial charge in [-0.2, -0.15) is 0 Å². The Hall–Kier alpha value is -2.28. The third-order valence-corrected chi connectivity index (χ3v) is 2.68. The Balaban J connectivity index is 2.30. The first-order chi connectivity index (χ1) is 9.13. The smallest absolute Gasteiger partial charge is 0.271 e. The van der Waals surface area contributed by atoms with Crippen molar-refractivity contribution in [3.05, 3.63) is 41.9 Å². The maximum absolute atomic E-state index is 11.6. The minimum absolute atomic E-state index is 0.247. The van der Waals surface area contributed by atoms with Gasteiger partial charge in [0.1, 0.15) is 4.99 Å². The van der Waals surface area contributed by atoms with Crippen LogP contribution >= 0.6 is 12.2 Å². The van der Waals surface area contributed by atoms with Crippen molar-refractivity contribution in [2.45, 2.75) is 6.92 Å². The molecule has 0 aliphatic carbocycles. The van der Waals surface area contributed by atoms with Crippen molar-refractivity contribution in [1.82, 2.24) is 20.1 Å². The number of amides is 1. The van der Waals surface area contributed by atoms with Crippen LogP contribution in [0.4, 0.5) is 0 Å². The van der Waals surface area contributed by atoms with E-state index < -0.39 is 0 Å². The number of thiocarbonyl (C=S) groups is 1. The quantitative estimate of drug-likeness (QED) is 0.800. The van der Waals surface area contributed by atoms with Crippen molar-refractivity contribution in [1.29, 1.82) is 0 Å². The number of carbonyl (C=O) groups excluding carboxylic acids is 1. The maximum atomic E-state index is 11.6. The fraction of sp³-hybridized carbons (Fsp3) is 0.167. The predicted octanol–water partition coefficient (Wildman–Crippen LogP) is 0.651. The maximum Gasteiger partial charge on any atom is 0.271 e. The SMILES string of the molecule is CCNC(=O)c1ccc(-n2cccc2C(N)=S)nn1. The van der Waals surface area contributed by atoms with Crippen molar-refractivity contribution in [3.8, 4) is 5.82 Å². The summed E-state index contributed by atoms with van der Waals surface area (Å²) in [6.07, 6.45) is 1.78. The summed E-state index contributed by atoms with van der Waals surface area (Å²) in [7, 11) is 0. The van der Waals surface area contributed by atoms with Crippen LogP contribution in [-0.2, 0) is 0 Å². The molecule has 1 amide bonds. The second-order valence-electron chi connectivity index (χ2n) is 3.76. The Labute approximate surface area is 115 Å². The van der Waals surface area contributed by atoms with E-state index in [4.69, 9.17) is 18.0 Å². The van der Waals surface area contributed by atoms with Crippen LogP contribution in [0.3, 0.4) is 0 Å². The van der Waals surface area contributed by atoms with Crippen LogP contribution < -0.4 is 11.1 Å². The molecular formula is C12H13N5OS. The lowest BCUT2D eigenvalue weighted by molar-refractivity contribution is 0.0950. The largest absolute Gasteiger partial charge is 0.388 e. The van der Waals surface area contributed by atoms with E-state index in [-0.39, 0.29) is 16.6 Å². The Morgan fingerprint density at radius 3 is 2.79 bits per heavy atom. The van der Waals surface area contributed by atoms with E-state index in [1.807, 2.05) is 13.0 Å². The molecule has 2 aromatic rings. The minimum Gasteiger partial charge on any atom is -0.388 e. The normalized spacial score (nSPS) is 10.2. The zero-order valence-electron chi connectivity index (χ0n) is 10.3. The van der Waals surface area contributed by atoms with Gasteiger partial charge in [-0.3, -0.25) is 9.36 Å². The monoisotopic (exact) mass is 275 g/mol. The van der Waals surface area contributed by atoms with E-state index >= 15 is 0 Å². The lowest BCUT2D eigenvalue weighted by Gasteiger charge is -2.07. The molecule has 0 atom stereocenters. The Kier molecular flexibility index (Phi) is 3.86. The molecule has 0 fully saturated rings. The number of carbonyl (C=O) groups is 1. The van der Waals surface area contributed by atoms with Crippen molar-refractivity contribution in [3.63, 3.8) is 0 Å². The Morgan fingerprint density at radius 1 is 1.42 bits per heavy atom. The average molecular weight is 275 g/mol. The predicted molar refractivity (Wildman–Crippen MR) is 75.3 cm³/mol. The number of hydrogen-bond donors (Lipinski definition) is 2. The molecule has 7 heteroatoms. The van der Waals surface area contributed by atoms with Crippen molar-refractivity contribution >= 4 is 23.1 Å². The third kappa shape index (κ3) is 2.76. The molecule has 0 aliphatic heterocycles. The van der Waals surface area contributed by atoms with Crippen LogP contribution in [0, 0.1) is 0 Å². The van der Waals surface area contributed by atoms with Crippen molar-refractivity contribution in [2.24, 2.45) is 5.73 Å². The number of rotatable bonds is 4. The molecule has 0 unspecified atom stereocenters. The van der Waals surface area contributed by atoms with Gasteiger partial charge in [-0.1, -0.05) is 12.2 Å². The summed E-state index contributed by atoms with van der Waals surface area (Å²) in [6.45, 7) is 2.39. The topological polar surface area (TPSA) is 85.8 Å². The second-order valence-corrected chi connectivity index (χ2v) is 4.20. The van der Waals surface area contributed by atoms with Gasteiger partial charge < -0.3 is 11.1 Å². The Bertz CT molecular complexity index is 605. The molecular weight excluding hydrogens is 262 g/mol. The van der Waals surface area contributed by atoms with E-state index in [1.54, 1.807) is 29.0 Å². The number of nitrogens with zero attached hydrogens (tertiary/aromatic N) is 3. The van der Waals surface area contributed by atoms with Gasteiger partial charge in [0.15, 0.2) is 11.5 Å². The molecule has 0 aliphatic rings. The fourth-order valence-electron chi connectivity index (χ4n) is 1.61. The van der Waals surface area contributed by atoms with Gasteiger partial charge in [-0.05, 0) is 31.2 Å². The summed E-state index contributed by atoms with van der Waals surface area (Å²) in [6, 6.07) is 6.91. The lowest BCUT2D eigenvalue weighted by Crippen LogP contribution is -2.24. The van der Waals surface area contributed by atoms with Gasteiger partial charge >= 0.3 is 0 Å². The molecule has 2 aromatic heterocycles. The zero-order chi connectivity index (χ0) is 13.8. The molecule has 19 heavy (non-hydrogen) atoms. The summed E-state index contributed by atoms with van der Waals surface area (Å²) in [4.78, 5) is 11.8. The summed E-state index contributed by atoms with van der Waals surface area (Å²) in [5, 5.41) is 10.5. The lowest BCUT2D eigenvalue weighted by atomic mass is 10.3. The summed E-state index contributed by atoms with van der Waals surface area (Å²) < 4.78 is 1.72. The summed E-state index contributed by atoms with van der Waals surface area (Å²) in [5.74, 6) is 0.310. The molecule has 3 N–H and O–H groups in total. The van der Waals surface area contributed by atoms with Crippen LogP contribution in [0.15, 0.2) is 30.5 Å². The molecule has 0 bridgehead atoms. The van der Waals surface area contributed by atoms with Crippen LogP contribution in [0.1, 0.15) is 23.1 Å². The minimum atomic E-state index is -0.247. The molecule has 0 spiro atoms. The molecule has 98 valence electrons. The first kappa shape index (κ1) is 13.2. The van der Waals surface area contributed by atoms with Gasteiger partial charge in [0.25, 0.3) is 5.91 Å².